The van der Waals surface area contributed by atoms with Crippen molar-refractivity contribution < 1.29 is 0 Å². The van der Waals surface area contributed by atoms with Crippen LogP contribution in [0.25, 0.3) is 0 Å². The lowest BCUT2D eigenvalue weighted by Crippen LogP contribution is -2.48. The number of fused-ring (bicyclic) bond motifs is 1. The third-order valence-electron chi connectivity index (χ3n) is 5.61. The van der Waals surface area contributed by atoms with Gasteiger partial charge in [-0.1, -0.05) is 0 Å². The molecule has 0 aromatic carbocycles. The highest BCUT2D eigenvalue weighted by molar-refractivity contribution is 5.02. The van der Waals surface area contributed by atoms with E-state index in [1.54, 1.807) is 0 Å². The Balaban J connectivity index is 1.44. The van der Waals surface area contributed by atoms with Gasteiger partial charge in [-0.2, -0.15) is 0 Å². The van der Waals surface area contributed by atoms with Gasteiger partial charge >= 0.3 is 0 Å². The van der Waals surface area contributed by atoms with Crippen molar-refractivity contribution in [1.29, 1.82) is 0 Å². The average molecular weight is 249 g/mol. The minimum atomic E-state index is 0.793. The lowest BCUT2D eigenvalue weighted by atomic mass is 10.0. The van der Waals surface area contributed by atoms with Gasteiger partial charge in [0.15, 0.2) is 0 Å². The lowest BCUT2D eigenvalue weighted by Gasteiger charge is -2.35. The summed E-state index contributed by atoms with van der Waals surface area (Å²) in [7, 11) is 0. The van der Waals surface area contributed by atoms with E-state index in [0.717, 1.165) is 24.2 Å². The zero-order valence-electron chi connectivity index (χ0n) is 11.5. The minimum Gasteiger partial charge on any atom is -0.313 e. The Morgan fingerprint density at radius 2 is 1.94 bits per heavy atom. The van der Waals surface area contributed by atoms with Crippen LogP contribution >= 0.6 is 0 Å². The molecule has 3 unspecified atom stereocenters. The van der Waals surface area contributed by atoms with Crippen molar-refractivity contribution in [3.63, 3.8) is 0 Å². The monoisotopic (exact) mass is 249 g/mol. The van der Waals surface area contributed by atoms with Crippen molar-refractivity contribution in [2.75, 3.05) is 26.2 Å². The maximum atomic E-state index is 3.70. The molecular weight excluding hydrogens is 222 g/mol. The molecule has 3 atom stereocenters. The predicted octanol–water partition coefficient (Wildman–Crippen LogP) is 1.44. The van der Waals surface area contributed by atoms with E-state index < -0.39 is 0 Å². The summed E-state index contributed by atoms with van der Waals surface area (Å²) in [5.74, 6) is 0. The number of rotatable bonds is 4. The maximum absolute atomic E-state index is 3.70. The van der Waals surface area contributed by atoms with Gasteiger partial charge in [0.1, 0.15) is 0 Å². The summed E-state index contributed by atoms with van der Waals surface area (Å²) in [5.41, 5.74) is 0. The highest BCUT2D eigenvalue weighted by atomic mass is 15.3. The number of hydrogen-bond donors (Lipinski definition) is 1. The predicted molar refractivity (Wildman–Crippen MR) is 73.8 cm³/mol. The molecular formula is C15H27N3. The van der Waals surface area contributed by atoms with Crippen molar-refractivity contribution >= 4 is 0 Å². The highest BCUT2D eigenvalue weighted by Gasteiger charge is 2.44. The first kappa shape index (κ1) is 11.7. The van der Waals surface area contributed by atoms with Crippen LogP contribution in [0.1, 0.15) is 44.9 Å². The van der Waals surface area contributed by atoms with Crippen LogP contribution in [0.2, 0.25) is 0 Å². The molecule has 0 amide bonds. The Labute approximate surface area is 111 Å². The molecule has 0 bridgehead atoms. The molecule has 18 heavy (non-hydrogen) atoms. The summed E-state index contributed by atoms with van der Waals surface area (Å²) in [6, 6.07) is 3.54. The van der Waals surface area contributed by atoms with Gasteiger partial charge in [-0.15, -0.1) is 0 Å². The van der Waals surface area contributed by atoms with E-state index in [9.17, 15) is 0 Å². The van der Waals surface area contributed by atoms with E-state index >= 15 is 0 Å². The molecule has 3 saturated heterocycles. The van der Waals surface area contributed by atoms with Crippen molar-refractivity contribution in [3.8, 4) is 0 Å². The Hall–Kier alpha value is -0.120. The van der Waals surface area contributed by atoms with E-state index in [1.165, 1.54) is 71.1 Å². The van der Waals surface area contributed by atoms with E-state index in [2.05, 4.69) is 15.1 Å². The summed E-state index contributed by atoms with van der Waals surface area (Å²) >= 11 is 0. The van der Waals surface area contributed by atoms with Crippen molar-refractivity contribution in [1.82, 2.24) is 15.1 Å². The van der Waals surface area contributed by atoms with Crippen LogP contribution in [0.15, 0.2) is 0 Å². The number of nitrogens with zero attached hydrogens (tertiary/aromatic N) is 2. The molecule has 0 aromatic rings. The van der Waals surface area contributed by atoms with Gasteiger partial charge in [-0.3, -0.25) is 9.80 Å². The second-order valence-corrected chi connectivity index (χ2v) is 6.82. The van der Waals surface area contributed by atoms with Crippen LogP contribution in [0.3, 0.4) is 0 Å². The molecule has 102 valence electrons. The fourth-order valence-electron chi connectivity index (χ4n) is 4.57. The zero-order valence-corrected chi connectivity index (χ0v) is 11.5. The Morgan fingerprint density at radius 3 is 2.72 bits per heavy atom. The molecule has 0 radical (unpaired) electrons. The molecule has 3 heteroatoms. The van der Waals surface area contributed by atoms with Gasteiger partial charge in [0, 0.05) is 37.3 Å². The highest BCUT2D eigenvalue weighted by Crippen LogP contribution is 2.37. The molecule has 4 rings (SSSR count). The average Bonchev–Trinajstić information content (AvgIpc) is 2.82. The second-order valence-electron chi connectivity index (χ2n) is 6.82. The number of nitrogens with one attached hydrogen (secondary N) is 1. The Bertz CT molecular complexity index is 296. The minimum absolute atomic E-state index is 0.793. The molecule has 1 N–H and O–H groups in total. The summed E-state index contributed by atoms with van der Waals surface area (Å²) in [6.45, 7) is 5.33. The molecule has 3 aliphatic heterocycles. The van der Waals surface area contributed by atoms with Crippen LogP contribution in [0.4, 0.5) is 0 Å². The maximum Gasteiger partial charge on any atom is 0.0267 e. The second kappa shape index (κ2) is 4.77. The van der Waals surface area contributed by atoms with Crippen LogP contribution in [0, 0.1) is 0 Å². The van der Waals surface area contributed by atoms with Crippen LogP contribution in [-0.4, -0.2) is 60.1 Å². The molecule has 0 spiro atoms. The first-order valence-corrected chi connectivity index (χ1v) is 8.15. The summed E-state index contributed by atoms with van der Waals surface area (Å²) in [4.78, 5) is 5.68. The Kier molecular flexibility index (Phi) is 3.10. The van der Waals surface area contributed by atoms with Gasteiger partial charge < -0.3 is 5.32 Å². The SMILES string of the molecule is C1CNC(CN(C2CC2)C2CCN3CCCC23)C1. The quantitative estimate of drug-likeness (QED) is 0.813. The van der Waals surface area contributed by atoms with E-state index in [-0.39, 0.29) is 0 Å². The normalized spacial score (nSPS) is 40.8. The fourth-order valence-corrected chi connectivity index (χ4v) is 4.57. The van der Waals surface area contributed by atoms with Crippen molar-refractivity contribution in [2.45, 2.75) is 69.1 Å². The largest absolute Gasteiger partial charge is 0.313 e. The molecule has 0 aromatic heterocycles. The summed E-state index contributed by atoms with van der Waals surface area (Å²) in [6.07, 6.45) is 10.1. The molecule has 4 fully saturated rings. The van der Waals surface area contributed by atoms with Gasteiger partial charge in [0.25, 0.3) is 0 Å². The third-order valence-corrected chi connectivity index (χ3v) is 5.61. The van der Waals surface area contributed by atoms with Crippen LogP contribution in [-0.2, 0) is 0 Å². The van der Waals surface area contributed by atoms with Gasteiger partial charge in [-0.05, 0) is 58.0 Å². The summed E-state index contributed by atoms with van der Waals surface area (Å²) < 4.78 is 0. The molecule has 1 saturated carbocycles. The zero-order chi connectivity index (χ0) is 11.9. The van der Waals surface area contributed by atoms with Crippen LogP contribution in [0.5, 0.6) is 0 Å². The van der Waals surface area contributed by atoms with Gasteiger partial charge in [0.05, 0.1) is 0 Å². The fraction of sp³-hybridized carbons (Fsp3) is 1.00. The molecule has 1 aliphatic carbocycles. The van der Waals surface area contributed by atoms with E-state index in [1.807, 2.05) is 0 Å². The standard InChI is InChI=1S/C15H27N3/c1-3-12(16-8-1)11-18(13-5-6-13)15-7-10-17-9-2-4-14(15)17/h12-16H,1-11H2. The van der Waals surface area contributed by atoms with Crippen molar-refractivity contribution in [2.24, 2.45) is 0 Å². The first-order chi connectivity index (χ1) is 8.92. The van der Waals surface area contributed by atoms with E-state index in [0.29, 0.717) is 0 Å². The van der Waals surface area contributed by atoms with Crippen LogP contribution < -0.4 is 5.32 Å². The van der Waals surface area contributed by atoms with Gasteiger partial charge in [0.2, 0.25) is 0 Å². The number of hydrogen-bond acceptors (Lipinski definition) is 3. The third kappa shape index (κ3) is 2.10. The topological polar surface area (TPSA) is 18.5 Å². The summed E-state index contributed by atoms with van der Waals surface area (Å²) in [5, 5.41) is 3.70. The lowest BCUT2D eigenvalue weighted by molar-refractivity contribution is 0.139. The molecule has 4 aliphatic rings. The van der Waals surface area contributed by atoms with E-state index in [4.69, 9.17) is 0 Å². The molecule has 3 nitrogen and oxygen atoms in total. The van der Waals surface area contributed by atoms with Gasteiger partial charge in [-0.25, -0.2) is 0 Å². The Morgan fingerprint density at radius 1 is 1.00 bits per heavy atom. The van der Waals surface area contributed by atoms with Crippen molar-refractivity contribution in [3.05, 3.63) is 0 Å². The smallest absolute Gasteiger partial charge is 0.0267 e. The first-order valence-electron chi connectivity index (χ1n) is 8.15. The molecule has 3 heterocycles.